The van der Waals surface area contributed by atoms with Crippen LogP contribution in [0.2, 0.25) is 0 Å². The Bertz CT molecular complexity index is 429. The van der Waals surface area contributed by atoms with Gasteiger partial charge in [0.2, 0.25) is 0 Å². The highest BCUT2D eigenvalue weighted by Crippen LogP contribution is 2.31. The normalized spacial score (nSPS) is 12.9. The lowest BCUT2D eigenvalue weighted by Crippen LogP contribution is -1.94. The Hall–Kier alpha value is -1.36. The fraction of sp³-hybridized carbons (Fsp3) is 0.222. The molecule has 0 saturated heterocycles. The van der Waals surface area contributed by atoms with Gasteiger partial charge in [0.1, 0.15) is 0 Å². The van der Waals surface area contributed by atoms with Gasteiger partial charge >= 0.3 is 0 Å². The van der Waals surface area contributed by atoms with Crippen LogP contribution >= 0.6 is 11.8 Å². The third kappa shape index (κ3) is 1.39. The van der Waals surface area contributed by atoms with Gasteiger partial charge in [-0.3, -0.25) is 15.1 Å². The van der Waals surface area contributed by atoms with Crippen LogP contribution in [0.15, 0.2) is 22.0 Å². The summed E-state index contributed by atoms with van der Waals surface area (Å²) in [6.07, 6.45) is 3.52. The fourth-order valence-corrected chi connectivity index (χ4v) is 2.03. The Morgan fingerprint density at radius 3 is 3.00 bits per heavy atom. The average molecular weight is 208 g/mol. The van der Waals surface area contributed by atoms with E-state index in [0.29, 0.717) is 11.4 Å². The highest BCUT2D eigenvalue weighted by atomic mass is 32.2. The van der Waals surface area contributed by atoms with Crippen molar-refractivity contribution in [3.05, 3.63) is 33.4 Å². The molecule has 1 aromatic carbocycles. The average Bonchev–Trinajstić information content (AvgIpc) is 2.62. The first-order valence-corrected chi connectivity index (χ1v) is 5.30. The summed E-state index contributed by atoms with van der Waals surface area (Å²) in [5.74, 6) is 0. The van der Waals surface area contributed by atoms with E-state index in [1.54, 1.807) is 12.3 Å². The summed E-state index contributed by atoms with van der Waals surface area (Å²) in [5, 5.41) is 10.7. The summed E-state index contributed by atoms with van der Waals surface area (Å²) in [7, 11) is 0. The number of nitro benzene ring substituents is 1. The number of hydrogen-bond donors (Lipinski definition) is 0. The quantitative estimate of drug-likeness (QED) is 0.425. The van der Waals surface area contributed by atoms with Crippen molar-refractivity contribution in [1.29, 1.82) is 0 Å². The van der Waals surface area contributed by atoms with Gasteiger partial charge in [-0.15, -0.1) is 11.8 Å². The van der Waals surface area contributed by atoms with E-state index in [9.17, 15) is 10.1 Å². The number of nitrogens with zero attached hydrogens (tertiary/aromatic N) is 2. The van der Waals surface area contributed by atoms with Crippen molar-refractivity contribution < 1.29 is 4.92 Å². The number of benzene rings is 1. The Kier molecular flexibility index (Phi) is 2.25. The van der Waals surface area contributed by atoms with Crippen molar-refractivity contribution >= 4 is 23.7 Å². The largest absolute Gasteiger partial charge is 0.288 e. The standard InChI is InChI=1S/C9H8N2O2S/c1-14-9-3-7-5-10-4-6(7)2-8(9)11(12)13/h2-4H,5H2,1H3. The summed E-state index contributed by atoms with van der Waals surface area (Å²) < 4.78 is 0. The number of aliphatic imine (C=N–C) groups is 1. The van der Waals surface area contributed by atoms with E-state index in [1.165, 1.54) is 11.8 Å². The molecule has 0 aromatic heterocycles. The SMILES string of the molecule is CSc1cc2c(cc1[N+](=O)[O-])C=NC2. The molecule has 0 radical (unpaired) electrons. The lowest BCUT2D eigenvalue weighted by Gasteiger charge is -2.02. The maximum atomic E-state index is 10.7. The van der Waals surface area contributed by atoms with Crippen LogP contribution in [-0.2, 0) is 6.54 Å². The zero-order valence-electron chi connectivity index (χ0n) is 7.56. The molecule has 0 spiro atoms. The first-order valence-electron chi connectivity index (χ1n) is 4.07. The molecule has 0 atom stereocenters. The third-order valence-electron chi connectivity index (χ3n) is 2.13. The minimum absolute atomic E-state index is 0.171. The molecule has 2 rings (SSSR count). The van der Waals surface area contributed by atoms with Crippen LogP contribution in [0.4, 0.5) is 5.69 Å². The van der Waals surface area contributed by atoms with Crippen molar-refractivity contribution in [1.82, 2.24) is 0 Å². The monoisotopic (exact) mass is 208 g/mol. The summed E-state index contributed by atoms with van der Waals surface area (Å²) in [5.41, 5.74) is 2.11. The van der Waals surface area contributed by atoms with Crippen molar-refractivity contribution in [3.8, 4) is 0 Å². The van der Waals surface area contributed by atoms with Crippen LogP contribution in [0.1, 0.15) is 11.1 Å². The van der Waals surface area contributed by atoms with Crippen LogP contribution in [0, 0.1) is 10.1 Å². The topological polar surface area (TPSA) is 55.5 Å². The number of rotatable bonds is 2. The molecule has 14 heavy (non-hydrogen) atoms. The molecule has 72 valence electrons. The van der Waals surface area contributed by atoms with Gasteiger partial charge in [-0.1, -0.05) is 0 Å². The van der Waals surface area contributed by atoms with E-state index in [4.69, 9.17) is 0 Å². The summed E-state index contributed by atoms with van der Waals surface area (Å²) >= 11 is 1.39. The van der Waals surface area contributed by atoms with Gasteiger partial charge in [0.15, 0.2) is 0 Å². The molecule has 5 heteroatoms. The molecule has 1 aromatic rings. The van der Waals surface area contributed by atoms with Gasteiger partial charge in [-0.2, -0.15) is 0 Å². The molecule has 1 aliphatic rings. The fourth-order valence-electron chi connectivity index (χ4n) is 1.43. The number of fused-ring (bicyclic) bond motifs is 1. The van der Waals surface area contributed by atoms with Crippen LogP contribution < -0.4 is 0 Å². The van der Waals surface area contributed by atoms with Gasteiger partial charge in [-0.05, 0) is 17.9 Å². The zero-order valence-corrected chi connectivity index (χ0v) is 8.37. The second-order valence-electron chi connectivity index (χ2n) is 2.95. The Morgan fingerprint density at radius 1 is 1.57 bits per heavy atom. The molecule has 0 unspecified atom stereocenters. The molecule has 0 aliphatic carbocycles. The summed E-state index contributed by atoms with van der Waals surface area (Å²) in [6.45, 7) is 0.640. The molecule has 0 bridgehead atoms. The second kappa shape index (κ2) is 3.42. The first kappa shape index (κ1) is 9.21. The van der Waals surface area contributed by atoms with Crippen LogP contribution in [0.3, 0.4) is 0 Å². The van der Waals surface area contributed by atoms with Gasteiger partial charge < -0.3 is 0 Å². The second-order valence-corrected chi connectivity index (χ2v) is 3.80. The molecule has 0 N–H and O–H groups in total. The van der Waals surface area contributed by atoms with Gasteiger partial charge in [0.25, 0.3) is 5.69 Å². The summed E-state index contributed by atoms with van der Waals surface area (Å²) in [6, 6.07) is 3.45. The summed E-state index contributed by atoms with van der Waals surface area (Å²) in [4.78, 5) is 15.2. The maximum absolute atomic E-state index is 10.7. The van der Waals surface area contributed by atoms with E-state index >= 15 is 0 Å². The molecule has 1 aliphatic heterocycles. The predicted octanol–water partition coefficient (Wildman–Crippen LogP) is 2.25. The Balaban J connectivity index is 2.58. The van der Waals surface area contributed by atoms with Gasteiger partial charge in [0.05, 0.1) is 16.4 Å². The van der Waals surface area contributed by atoms with Crippen molar-refractivity contribution in [2.24, 2.45) is 4.99 Å². The predicted molar refractivity (Wildman–Crippen MR) is 56.2 cm³/mol. The van der Waals surface area contributed by atoms with Gasteiger partial charge in [-0.25, -0.2) is 0 Å². The minimum atomic E-state index is -0.349. The number of hydrogen-bond acceptors (Lipinski definition) is 4. The maximum Gasteiger partial charge on any atom is 0.283 e. The molecular weight excluding hydrogens is 200 g/mol. The van der Waals surface area contributed by atoms with E-state index in [1.807, 2.05) is 12.3 Å². The molecule has 4 nitrogen and oxygen atoms in total. The number of thioether (sulfide) groups is 1. The van der Waals surface area contributed by atoms with E-state index in [0.717, 1.165) is 11.1 Å². The van der Waals surface area contributed by atoms with E-state index in [-0.39, 0.29) is 10.6 Å². The lowest BCUT2D eigenvalue weighted by atomic mass is 10.1. The third-order valence-corrected chi connectivity index (χ3v) is 2.90. The number of nitro groups is 1. The van der Waals surface area contributed by atoms with Crippen LogP contribution in [-0.4, -0.2) is 17.4 Å². The van der Waals surface area contributed by atoms with Gasteiger partial charge in [0, 0.05) is 17.8 Å². The first-order chi connectivity index (χ1) is 6.72. The van der Waals surface area contributed by atoms with E-state index < -0.39 is 0 Å². The Morgan fingerprint density at radius 2 is 2.36 bits per heavy atom. The Labute approximate surface area is 85.2 Å². The molecule has 1 heterocycles. The molecular formula is C9H8N2O2S. The van der Waals surface area contributed by atoms with Crippen molar-refractivity contribution in [2.45, 2.75) is 11.4 Å². The van der Waals surface area contributed by atoms with Crippen molar-refractivity contribution in [2.75, 3.05) is 6.26 Å². The molecule has 0 amide bonds. The molecule has 0 saturated carbocycles. The zero-order chi connectivity index (χ0) is 10.1. The molecule has 0 fully saturated rings. The van der Waals surface area contributed by atoms with E-state index in [2.05, 4.69) is 4.99 Å². The lowest BCUT2D eigenvalue weighted by molar-refractivity contribution is -0.387. The van der Waals surface area contributed by atoms with Crippen LogP contribution in [0.25, 0.3) is 0 Å². The highest BCUT2D eigenvalue weighted by Gasteiger charge is 2.18. The van der Waals surface area contributed by atoms with Crippen LogP contribution in [0.5, 0.6) is 0 Å². The smallest absolute Gasteiger partial charge is 0.283 e. The minimum Gasteiger partial charge on any atom is -0.288 e. The highest BCUT2D eigenvalue weighted by molar-refractivity contribution is 7.98. The van der Waals surface area contributed by atoms with Crippen molar-refractivity contribution in [3.63, 3.8) is 0 Å².